The lowest BCUT2D eigenvalue weighted by Crippen LogP contribution is -2.22. The van der Waals surface area contributed by atoms with Crippen molar-refractivity contribution in [2.45, 2.75) is 32.8 Å². The zero-order valence-corrected chi connectivity index (χ0v) is 12.1. The molecule has 1 amide bonds. The molecule has 21 heavy (non-hydrogen) atoms. The molecule has 1 unspecified atom stereocenters. The Morgan fingerprint density at radius 1 is 1.48 bits per heavy atom. The smallest absolute Gasteiger partial charge is 0.292 e. The van der Waals surface area contributed by atoms with Gasteiger partial charge in [0.1, 0.15) is 5.69 Å². The van der Waals surface area contributed by atoms with E-state index in [0.717, 1.165) is 5.56 Å². The number of nitro groups is 1. The number of carbonyl (C=O) groups is 1. The molecule has 0 spiro atoms. The fourth-order valence-corrected chi connectivity index (χ4v) is 2.31. The summed E-state index contributed by atoms with van der Waals surface area (Å²) in [5.41, 5.74) is 1.86. The Morgan fingerprint density at radius 3 is 2.90 bits per heavy atom. The van der Waals surface area contributed by atoms with Crippen molar-refractivity contribution >= 4 is 23.0 Å². The molecule has 1 aliphatic rings. The van der Waals surface area contributed by atoms with E-state index < -0.39 is 4.92 Å². The summed E-state index contributed by atoms with van der Waals surface area (Å²) < 4.78 is 5.39. The van der Waals surface area contributed by atoms with Crippen LogP contribution >= 0.6 is 0 Å². The van der Waals surface area contributed by atoms with Crippen molar-refractivity contribution in [3.05, 3.63) is 27.8 Å². The van der Waals surface area contributed by atoms with E-state index >= 15 is 0 Å². The largest absolute Gasteiger partial charge is 0.377 e. The number of amides is 1. The normalized spacial score (nSPS) is 15.0. The Balaban J connectivity index is 2.23. The van der Waals surface area contributed by atoms with Gasteiger partial charge in [-0.15, -0.1) is 0 Å². The zero-order valence-electron chi connectivity index (χ0n) is 12.1. The van der Waals surface area contributed by atoms with Gasteiger partial charge < -0.3 is 15.4 Å². The Hall–Kier alpha value is -2.15. The molecule has 1 heterocycles. The van der Waals surface area contributed by atoms with E-state index in [1.54, 1.807) is 6.07 Å². The van der Waals surface area contributed by atoms with Crippen LogP contribution < -0.4 is 10.6 Å². The topological polar surface area (TPSA) is 93.5 Å². The lowest BCUT2D eigenvalue weighted by molar-refractivity contribution is -0.384. The monoisotopic (exact) mass is 293 g/mol. The number of nitrogens with zero attached hydrogens (tertiary/aromatic N) is 1. The molecule has 2 rings (SSSR count). The number of anilines is 2. The number of hydrogen-bond donors (Lipinski definition) is 2. The number of nitro benzene ring substituents is 1. The zero-order chi connectivity index (χ0) is 15.4. The van der Waals surface area contributed by atoms with E-state index in [4.69, 9.17) is 4.74 Å². The van der Waals surface area contributed by atoms with Crippen molar-refractivity contribution in [1.82, 2.24) is 0 Å². The van der Waals surface area contributed by atoms with Gasteiger partial charge >= 0.3 is 0 Å². The standard InChI is InChI=1S/C14H19N3O4/c1-3-21-9(2)8-15-12-7-11-10(4-5-14(18)16-11)6-13(12)17(19)20/h6-7,9,15H,3-5,8H2,1-2H3,(H,16,18). The second-order valence-electron chi connectivity index (χ2n) is 4.98. The highest BCUT2D eigenvalue weighted by Crippen LogP contribution is 2.34. The number of hydrogen-bond acceptors (Lipinski definition) is 5. The summed E-state index contributed by atoms with van der Waals surface area (Å²) >= 11 is 0. The van der Waals surface area contributed by atoms with Crippen LogP contribution in [0.4, 0.5) is 17.1 Å². The summed E-state index contributed by atoms with van der Waals surface area (Å²) in [5.74, 6) is -0.0648. The minimum absolute atomic E-state index is 0.0218. The van der Waals surface area contributed by atoms with Gasteiger partial charge in [-0.1, -0.05) is 0 Å². The van der Waals surface area contributed by atoms with E-state index in [2.05, 4.69) is 10.6 Å². The van der Waals surface area contributed by atoms with Gasteiger partial charge in [0.05, 0.1) is 11.0 Å². The maximum absolute atomic E-state index is 11.4. The van der Waals surface area contributed by atoms with Crippen molar-refractivity contribution in [2.75, 3.05) is 23.8 Å². The second kappa shape index (κ2) is 6.53. The number of fused-ring (bicyclic) bond motifs is 1. The van der Waals surface area contributed by atoms with Gasteiger partial charge in [0.25, 0.3) is 5.69 Å². The van der Waals surface area contributed by atoms with Crippen LogP contribution in [0.5, 0.6) is 0 Å². The fraction of sp³-hybridized carbons (Fsp3) is 0.500. The van der Waals surface area contributed by atoms with E-state index in [-0.39, 0.29) is 17.7 Å². The molecule has 0 aliphatic carbocycles. The highest BCUT2D eigenvalue weighted by Gasteiger charge is 2.22. The highest BCUT2D eigenvalue weighted by atomic mass is 16.6. The lowest BCUT2D eigenvalue weighted by Gasteiger charge is -2.19. The number of nitrogens with one attached hydrogen (secondary N) is 2. The number of ether oxygens (including phenoxy) is 1. The van der Waals surface area contributed by atoms with Crippen LogP contribution in [0.15, 0.2) is 12.1 Å². The summed E-state index contributed by atoms with van der Waals surface area (Å²) in [5, 5.41) is 17.0. The molecule has 0 radical (unpaired) electrons. The van der Waals surface area contributed by atoms with Crippen molar-refractivity contribution in [3.8, 4) is 0 Å². The molecule has 1 aromatic carbocycles. The molecule has 1 aromatic rings. The molecule has 7 heteroatoms. The summed E-state index contributed by atoms with van der Waals surface area (Å²) in [6.45, 7) is 4.84. The van der Waals surface area contributed by atoms with Gasteiger partial charge in [-0.05, 0) is 31.9 Å². The summed E-state index contributed by atoms with van der Waals surface area (Å²) in [6, 6.07) is 3.16. The fourth-order valence-electron chi connectivity index (χ4n) is 2.31. The molecule has 114 valence electrons. The summed E-state index contributed by atoms with van der Waals surface area (Å²) in [7, 11) is 0. The predicted octanol–water partition coefficient (Wildman–Crippen LogP) is 2.32. The van der Waals surface area contributed by atoms with E-state index in [9.17, 15) is 14.9 Å². The van der Waals surface area contributed by atoms with Crippen molar-refractivity contribution in [1.29, 1.82) is 0 Å². The first-order valence-electron chi connectivity index (χ1n) is 6.98. The number of benzene rings is 1. The highest BCUT2D eigenvalue weighted by molar-refractivity contribution is 5.95. The molecular weight excluding hydrogens is 274 g/mol. The number of carbonyl (C=O) groups excluding carboxylic acids is 1. The van der Waals surface area contributed by atoms with Gasteiger partial charge in [0.2, 0.25) is 5.91 Å². The van der Waals surface area contributed by atoms with E-state index in [1.165, 1.54) is 6.07 Å². The Morgan fingerprint density at radius 2 is 2.24 bits per heavy atom. The first-order chi connectivity index (χ1) is 10.0. The average Bonchev–Trinajstić information content (AvgIpc) is 2.44. The maximum Gasteiger partial charge on any atom is 0.292 e. The third kappa shape index (κ3) is 3.69. The molecule has 0 saturated carbocycles. The molecular formula is C14H19N3O4. The number of rotatable bonds is 6. The quantitative estimate of drug-likeness (QED) is 0.620. The Bertz CT molecular complexity index is 559. The average molecular weight is 293 g/mol. The SMILES string of the molecule is CCOC(C)CNc1cc2c(cc1[N+](=O)[O-])CCC(=O)N2. The van der Waals surface area contributed by atoms with E-state index in [0.29, 0.717) is 37.4 Å². The van der Waals surface area contributed by atoms with Crippen LogP contribution in [0.3, 0.4) is 0 Å². The van der Waals surface area contributed by atoms with E-state index in [1.807, 2.05) is 13.8 Å². The molecule has 1 aliphatic heterocycles. The molecule has 1 atom stereocenters. The van der Waals surface area contributed by atoms with Gasteiger partial charge in [0, 0.05) is 31.3 Å². The third-order valence-corrected chi connectivity index (χ3v) is 3.34. The Labute approximate surface area is 122 Å². The molecule has 7 nitrogen and oxygen atoms in total. The molecule has 0 saturated heterocycles. The van der Waals surface area contributed by atoms with Gasteiger partial charge in [0.15, 0.2) is 0 Å². The maximum atomic E-state index is 11.4. The van der Waals surface area contributed by atoms with Crippen molar-refractivity contribution < 1.29 is 14.5 Å². The van der Waals surface area contributed by atoms with Crippen LogP contribution in [0.1, 0.15) is 25.8 Å². The third-order valence-electron chi connectivity index (χ3n) is 3.34. The first kappa shape index (κ1) is 15.2. The molecule has 0 aromatic heterocycles. The number of aryl methyl sites for hydroxylation is 1. The minimum atomic E-state index is -0.412. The predicted molar refractivity (Wildman–Crippen MR) is 79.6 cm³/mol. The van der Waals surface area contributed by atoms with Gasteiger partial charge in [-0.2, -0.15) is 0 Å². The summed E-state index contributed by atoms with van der Waals surface area (Å²) in [4.78, 5) is 22.2. The van der Waals surface area contributed by atoms with Gasteiger partial charge in [-0.3, -0.25) is 14.9 Å². The van der Waals surface area contributed by atoms with Crippen molar-refractivity contribution in [3.63, 3.8) is 0 Å². The van der Waals surface area contributed by atoms with Crippen LogP contribution in [-0.4, -0.2) is 30.1 Å². The molecule has 2 N–H and O–H groups in total. The minimum Gasteiger partial charge on any atom is -0.377 e. The van der Waals surface area contributed by atoms with Crippen LogP contribution in [0, 0.1) is 10.1 Å². The van der Waals surface area contributed by atoms with Gasteiger partial charge in [-0.25, -0.2) is 0 Å². The Kier molecular flexibility index (Phi) is 4.74. The van der Waals surface area contributed by atoms with Crippen LogP contribution in [0.25, 0.3) is 0 Å². The second-order valence-corrected chi connectivity index (χ2v) is 4.98. The molecule has 0 fully saturated rings. The van der Waals surface area contributed by atoms with Crippen molar-refractivity contribution in [2.24, 2.45) is 0 Å². The summed E-state index contributed by atoms with van der Waals surface area (Å²) in [6.07, 6.45) is 0.830. The van der Waals surface area contributed by atoms with Crippen LogP contribution in [-0.2, 0) is 16.0 Å². The lowest BCUT2D eigenvalue weighted by atomic mass is 10.0. The first-order valence-corrected chi connectivity index (χ1v) is 6.98. The van der Waals surface area contributed by atoms with Crippen LogP contribution in [0.2, 0.25) is 0 Å². The molecule has 0 bridgehead atoms.